The maximum Gasteiger partial charge on any atom is 0.119 e. The third kappa shape index (κ3) is 4.33. The van der Waals surface area contributed by atoms with Crippen LogP contribution in [0.5, 0.6) is 11.5 Å². The summed E-state index contributed by atoms with van der Waals surface area (Å²) in [6.07, 6.45) is 0. The van der Waals surface area contributed by atoms with Crippen LogP contribution in [0.1, 0.15) is 5.69 Å². The number of hydrogen-bond donors (Lipinski definition) is 1. The predicted octanol–water partition coefficient (Wildman–Crippen LogP) is 6.79. The maximum absolute atomic E-state index is 5.31. The van der Waals surface area contributed by atoms with Crippen molar-refractivity contribution in [1.82, 2.24) is 4.98 Å². The van der Waals surface area contributed by atoms with Crippen LogP contribution >= 0.6 is 0 Å². The first-order valence-electron chi connectivity index (χ1n) is 11.2. The van der Waals surface area contributed by atoms with Gasteiger partial charge in [0.15, 0.2) is 0 Å². The lowest BCUT2D eigenvalue weighted by Gasteiger charge is -2.21. The van der Waals surface area contributed by atoms with E-state index in [0.717, 1.165) is 50.5 Å². The molecule has 170 valence electrons. The second-order valence-corrected chi connectivity index (χ2v) is 8.25. The Kier molecular flexibility index (Phi) is 5.91. The molecule has 5 aromatic rings. The van der Waals surface area contributed by atoms with Crippen LogP contribution in [0.4, 0.5) is 17.1 Å². The number of rotatable bonds is 7. The summed E-state index contributed by atoms with van der Waals surface area (Å²) < 4.78 is 10.6. The average molecular weight is 450 g/mol. The summed E-state index contributed by atoms with van der Waals surface area (Å²) in [4.78, 5) is 7.30. The lowest BCUT2D eigenvalue weighted by molar-refractivity contribution is 0.414. The highest BCUT2D eigenvalue weighted by Crippen LogP contribution is 2.32. The van der Waals surface area contributed by atoms with E-state index in [1.165, 1.54) is 5.39 Å². The zero-order valence-corrected chi connectivity index (χ0v) is 19.6. The van der Waals surface area contributed by atoms with E-state index >= 15 is 0 Å². The van der Waals surface area contributed by atoms with Crippen molar-refractivity contribution >= 4 is 38.7 Å². The van der Waals surface area contributed by atoms with Gasteiger partial charge in [-0.25, -0.2) is 0 Å². The molecule has 4 aromatic carbocycles. The van der Waals surface area contributed by atoms with E-state index in [2.05, 4.69) is 71.9 Å². The van der Waals surface area contributed by atoms with Crippen LogP contribution in [0.25, 0.3) is 21.7 Å². The van der Waals surface area contributed by atoms with Crippen molar-refractivity contribution < 1.29 is 9.47 Å². The normalized spacial score (nSPS) is 10.9. The highest BCUT2D eigenvalue weighted by Gasteiger charge is 2.12. The average Bonchev–Trinajstić information content (AvgIpc) is 2.89. The predicted molar refractivity (Wildman–Crippen MR) is 141 cm³/mol. The second kappa shape index (κ2) is 9.32. The number of anilines is 3. The van der Waals surface area contributed by atoms with Gasteiger partial charge in [0, 0.05) is 34.9 Å². The first-order chi connectivity index (χ1) is 16.6. The van der Waals surface area contributed by atoms with Crippen molar-refractivity contribution in [2.45, 2.75) is 6.54 Å². The Bertz CT molecular complexity index is 1430. The van der Waals surface area contributed by atoms with E-state index in [9.17, 15) is 0 Å². The molecule has 34 heavy (non-hydrogen) atoms. The van der Waals surface area contributed by atoms with Gasteiger partial charge in [0.2, 0.25) is 0 Å². The molecule has 0 aliphatic rings. The van der Waals surface area contributed by atoms with Crippen LogP contribution in [0, 0.1) is 0 Å². The van der Waals surface area contributed by atoms with E-state index in [4.69, 9.17) is 14.5 Å². The van der Waals surface area contributed by atoms with Gasteiger partial charge in [-0.05, 0) is 60.0 Å². The molecule has 0 fully saturated rings. The van der Waals surface area contributed by atoms with Crippen LogP contribution < -0.4 is 19.7 Å². The zero-order chi connectivity index (χ0) is 23.5. The molecular formula is C29H27N3O2. The van der Waals surface area contributed by atoms with Crippen LogP contribution in [-0.2, 0) is 6.54 Å². The number of ether oxygens (including phenoxy) is 2. The Hall–Kier alpha value is -4.25. The second-order valence-electron chi connectivity index (χ2n) is 8.25. The van der Waals surface area contributed by atoms with E-state index in [1.54, 1.807) is 14.2 Å². The van der Waals surface area contributed by atoms with Crippen LogP contribution in [0.15, 0.2) is 91.0 Å². The summed E-state index contributed by atoms with van der Waals surface area (Å²) in [5, 5.41) is 7.01. The fourth-order valence-corrected chi connectivity index (χ4v) is 4.20. The Morgan fingerprint density at radius 2 is 1.44 bits per heavy atom. The molecule has 1 aromatic heterocycles. The minimum atomic E-state index is 0.669. The first-order valence-corrected chi connectivity index (χ1v) is 11.2. The molecule has 0 aliphatic heterocycles. The van der Waals surface area contributed by atoms with Crippen molar-refractivity contribution in [3.05, 3.63) is 96.7 Å². The molecule has 0 aliphatic carbocycles. The largest absolute Gasteiger partial charge is 0.497 e. The van der Waals surface area contributed by atoms with Gasteiger partial charge in [0.25, 0.3) is 0 Å². The lowest BCUT2D eigenvalue weighted by Crippen LogP contribution is -2.17. The fraction of sp³-hybridized carbons (Fsp3) is 0.138. The quantitative estimate of drug-likeness (QED) is 0.277. The molecule has 0 radical (unpaired) electrons. The van der Waals surface area contributed by atoms with E-state index < -0.39 is 0 Å². The van der Waals surface area contributed by atoms with Crippen molar-refractivity contribution in [2.75, 3.05) is 31.5 Å². The molecule has 5 heteroatoms. The summed E-state index contributed by atoms with van der Waals surface area (Å²) in [7, 11) is 5.43. The third-order valence-electron chi connectivity index (χ3n) is 6.04. The standard InChI is InChI=1S/C29H27N3O2/c1-32(23-11-15-25(34-3)16-12-23)19-22-18-28(30-21-9-13-24(33-2)14-10-21)27-17-8-20-6-4-5-7-26(20)29(27)31-22/h4-18H,19H2,1-3H3,(H,30,31). The molecule has 0 saturated carbocycles. The van der Waals surface area contributed by atoms with E-state index in [0.29, 0.717) is 6.54 Å². The molecule has 0 bridgehead atoms. The number of aromatic nitrogens is 1. The van der Waals surface area contributed by atoms with Crippen LogP contribution in [0.2, 0.25) is 0 Å². The molecule has 0 amide bonds. The molecule has 1 heterocycles. The van der Waals surface area contributed by atoms with Crippen molar-refractivity contribution in [2.24, 2.45) is 0 Å². The molecule has 0 spiro atoms. The maximum atomic E-state index is 5.31. The third-order valence-corrected chi connectivity index (χ3v) is 6.04. The van der Waals surface area contributed by atoms with Gasteiger partial charge in [-0.1, -0.05) is 36.4 Å². The number of benzene rings is 4. The van der Waals surface area contributed by atoms with Gasteiger partial charge in [0.1, 0.15) is 11.5 Å². The van der Waals surface area contributed by atoms with Crippen molar-refractivity contribution in [3.63, 3.8) is 0 Å². The number of hydrogen-bond acceptors (Lipinski definition) is 5. The number of fused-ring (bicyclic) bond motifs is 3. The van der Waals surface area contributed by atoms with Gasteiger partial charge >= 0.3 is 0 Å². The van der Waals surface area contributed by atoms with Gasteiger partial charge in [-0.3, -0.25) is 4.98 Å². The lowest BCUT2D eigenvalue weighted by atomic mass is 10.0. The van der Waals surface area contributed by atoms with Gasteiger partial charge in [0.05, 0.1) is 32.0 Å². The first kappa shape index (κ1) is 21.6. The minimum absolute atomic E-state index is 0.669. The smallest absolute Gasteiger partial charge is 0.119 e. The van der Waals surface area contributed by atoms with Gasteiger partial charge < -0.3 is 19.7 Å². The van der Waals surface area contributed by atoms with Crippen molar-refractivity contribution in [1.29, 1.82) is 0 Å². The number of nitrogens with zero attached hydrogens (tertiary/aromatic N) is 2. The number of nitrogens with one attached hydrogen (secondary N) is 1. The summed E-state index contributed by atoms with van der Waals surface area (Å²) in [5.74, 6) is 1.68. The zero-order valence-electron chi connectivity index (χ0n) is 19.6. The van der Waals surface area contributed by atoms with Crippen LogP contribution in [-0.4, -0.2) is 26.3 Å². The molecule has 0 saturated heterocycles. The topological polar surface area (TPSA) is 46.6 Å². The molecule has 1 N–H and O–H groups in total. The Balaban J connectivity index is 1.56. The monoisotopic (exact) mass is 449 g/mol. The van der Waals surface area contributed by atoms with Crippen molar-refractivity contribution in [3.8, 4) is 11.5 Å². The van der Waals surface area contributed by atoms with Gasteiger partial charge in [-0.2, -0.15) is 0 Å². The Morgan fingerprint density at radius 1 is 0.765 bits per heavy atom. The summed E-state index contributed by atoms with van der Waals surface area (Å²) in [6.45, 7) is 0.669. The molecule has 0 unspecified atom stereocenters. The highest BCUT2D eigenvalue weighted by atomic mass is 16.5. The van der Waals surface area contributed by atoms with Crippen LogP contribution in [0.3, 0.4) is 0 Å². The SMILES string of the molecule is COc1ccc(Nc2cc(CN(C)c3ccc(OC)cc3)nc3c2ccc2ccccc23)cc1. The van der Waals surface area contributed by atoms with Gasteiger partial charge in [-0.15, -0.1) is 0 Å². The highest BCUT2D eigenvalue weighted by molar-refractivity contribution is 6.09. The summed E-state index contributed by atoms with van der Waals surface area (Å²) in [5.41, 5.74) is 5.10. The van der Waals surface area contributed by atoms with E-state index in [1.807, 2.05) is 36.4 Å². The Labute approximate surface area is 199 Å². The minimum Gasteiger partial charge on any atom is -0.497 e. The number of methoxy groups -OCH3 is 2. The molecule has 5 nitrogen and oxygen atoms in total. The summed E-state index contributed by atoms with van der Waals surface area (Å²) >= 11 is 0. The Morgan fingerprint density at radius 3 is 2.15 bits per heavy atom. The number of pyridine rings is 1. The molecule has 0 atom stereocenters. The summed E-state index contributed by atoms with van der Waals surface area (Å²) in [6, 6.07) is 30.9. The molecular weight excluding hydrogens is 422 g/mol. The molecule has 5 rings (SSSR count). The van der Waals surface area contributed by atoms with E-state index in [-0.39, 0.29) is 0 Å². The fourth-order valence-electron chi connectivity index (χ4n) is 4.20.